The molecule has 1 aliphatic carbocycles. The molecule has 5 rings (SSSR count). The van der Waals surface area contributed by atoms with Gasteiger partial charge in [0.15, 0.2) is 0 Å². The second-order valence-corrected chi connectivity index (χ2v) is 11.1. The van der Waals surface area contributed by atoms with E-state index in [1.165, 1.54) is 49.8 Å². The van der Waals surface area contributed by atoms with Crippen LogP contribution in [0.25, 0.3) is 22.2 Å². The number of hydrogen-bond donors (Lipinski definition) is 1. The first-order valence-electron chi connectivity index (χ1n) is 15.4. The van der Waals surface area contributed by atoms with Crippen LogP contribution >= 0.6 is 0 Å². The van der Waals surface area contributed by atoms with Gasteiger partial charge in [0.1, 0.15) is 0 Å². The summed E-state index contributed by atoms with van der Waals surface area (Å²) in [4.78, 5) is 6.02. The van der Waals surface area contributed by atoms with Crippen LogP contribution in [-0.4, -0.2) is 18.1 Å². The van der Waals surface area contributed by atoms with Crippen LogP contribution in [0.4, 0.5) is 5.69 Å². The molecule has 2 heteroatoms. The maximum absolute atomic E-state index is 5.51. The first-order chi connectivity index (χ1) is 18.4. The van der Waals surface area contributed by atoms with Crippen molar-refractivity contribution in [1.29, 1.82) is 0 Å². The lowest BCUT2D eigenvalue weighted by molar-refractivity contribution is 0.234. The molecule has 0 bridgehead atoms. The van der Waals surface area contributed by atoms with Crippen LogP contribution in [-0.2, 0) is 0 Å². The summed E-state index contributed by atoms with van der Waals surface area (Å²) >= 11 is 0. The van der Waals surface area contributed by atoms with E-state index in [1.54, 1.807) is 0 Å². The molecule has 1 saturated carbocycles. The molecule has 1 aliphatic heterocycles. The molecule has 2 heterocycles. The number of rotatable bonds is 3. The largest absolute Gasteiger partial charge is 0.371 e. The smallest absolute Gasteiger partial charge is 0.0465 e. The van der Waals surface area contributed by atoms with E-state index in [0.29, 0.717) is 0 Å². The van der Waals surface area contributed by atoms with Gasteiger partial charge in [-0.2, -0.15) is 0 Å². The van der Waals surface area contributed by atoms with Crippen molar-refractivity contribution in [1.82, 2.24) is 4.98 Å². The number of aromatic amines is 1. The number of terminal acetylenes is 1. The zero-order chi connectivity index (χ0) is 28.1. The summed E-state index contributed by atoms with van der Waals surface area (Å²) < 4.78 is 0. The fourth-order valence-electron chi connectivity index (χ4n) is 5.47. The number of aromatic nitrogens is 1. The number of nitrogens with zero attached hydrogens (tertiary/aromatic N) is 1. The highest BCUT2D eigenvalue weighted by Gasteiger charge is 2.20. The van der Waals surface area contributed by atoms with Crippen LogP contribution in [0.2, 0.25) is 0 Å². The van der Waals surface area contributed by atoms with Gasteiger partial charge in [0.2, 0.25) is 0 Å². The van der Waals surface area contributed by atoms with Crippen molar-refractivity contribution >= 4 is 16.6 Å². The van der Waals surface area contributed by atoms with Crippen LogP contribution in [0.1, 0.15) is 99.5 Å². The molecule has 1 saturated heterocycles. The Bertz CT molecular complexity index is 1100. The van der Waals surface area contributed by atoms with Crippen LogP contribution in [0.15, 0.2) is 48.5 Å². The lowest BCUT2D eigenvalue weighted by atomic mass is 9.78. The molecule has 0 amide bonds. The third-order valence-corrected chi connectivity index (χ3v) is 8.10. The third-order valence-electron chi connectivity index (χ3n) is 8.10. The number of piperidine rings is 1. The van der Waals surface area contributed by atoms with Crippen molar-refractivity contribution in [2.24, 2.45) is 23.7 Å². The van der Waals surface area contributed by atoms with E-state index in [0.717, 1.165) is 58.9 Å². The van der Waals surface area contributed by atoms with Crippen molar-refractivity contribution in [2.45, 2.75) is 93.9 Å². The van der Waals surface area contributed by atoms with Crippen molar-refractivity contribution in [3.63, 3.8) is 0 Å². The topological polar surface area (TPSA) is 19.0 Å². The van der Waals surface area contributed by atoms with Gasteiger partial charge < -0.3 is 9.88 Å². The van der Waals surface area contributed by atoms with Crippen molar-refractivity contribution in [3.05, 3.63) is 54.1 Å². The lowest BCUT2D eigenvalue weighted by Gasteiger charge is -2.32. The Kier molecular flexibility index (Phi) is 13.6. The molecule has 2 aromatic carbocycles. The van der Waals surface area contributed by atoms with E-state index < -0.39 is 0 Å². The minimum absolute atomic E-state index is 0.850. The van der Waals surface area contributed by atoms with E-state index >= 15 is 0 Å². The Labute approximate surface area is 234 Å². The highest BCUT2D eigenvalue weighted by molar-refractivity contribution is 5.87. The Morgan fingerprint density at radius 3 is 2.05 bits per heavy atom. The summed E-state index contributed by atoms with van der Waals surface area (Å²) in [7, 11) is 0. The van der Waals surface area contributed by atoms with Gasteiger partial charge >= 0.3 is 0 Å². The summed E-state index contributed by atoms with van der Waals surface area (Å²) in [6.45, 7) is 19.8. The molecule has 208 valence electrons. The maximum Gasteiger partial charge on any atom is 0.0465 e. The second kappa shape index (κ2) is 16.3. The van der Waals surface area contributed by atoms with Crippen molar-refractivity contribution in [2.75, 3.05) is 18.0 Å². The average Bonchev–Trinajstić information content (AvgIpc) is 3.40. The summed E-state index contributed by atoms with van der Waals surface area (Å²) in [5.74, 6) is 6.52. The van der Waals surface area contributed by atoms with E-state index in [4.69, 9.17) is 6.42 Å². The van der Waals surface area contributed by atoms with Gasteiger partial charge in [0, 0.05) is 40.9 Å². The molecule has 2 aliphatic rings. The number of hydrogen-bond acceptors (Lipinski definition) is 1. The molecular formula is C36H54N2. The zero-order valence-electron chi connectivity index (χ0n) is 25.6. The fourth-order valence-corrected chi connectivity index (χ4v) is 5.47. The second-order valence-electron chi connectivity index (χ2n) is 11.1. The lowest BCUT2D eigenvalue weighted by Crippen LogP contribution is -2.32. The van der Waals surface area contributed by atoms with Gasteiger partial charge in [-0.05, 0) is 91.3 Å². The predicted octanol–water partition coefficient (Wildman–Crippen LogP) is 10.6. The van der Waals surface area contributed by atoms with Crippen LogP contribution < -0.4 is 4.90 Å². The Balaban J connectivity index is 0.000000304. The molecule has 0 spiro atoms. The summed E-state index contributed by atoms with van der Waals surface area (Å²) in [6.07, 6.45) is 14.0. The predicted molar refractivity (Wildman–Crippen MR) is 171 cm³/mol. The quantitative estimate of drug-likeness (QED) is 0.344. The molecular weight excluding hydrogens is 460 g/mol. The maximum atomic E-state index is 5.51. The minimum Gasteiger partial charge on any atom is -0.371 e. The summed E-state index contributed by atoms with van der Waals surface area (Å²) in [6, 6.07) is 17.1. The molecule has 1 aromatic heterocycles. The van der Waals surface area contributed by atoms with Gasteiger partial charge in [-0.25, -0.2) is 0 Å². The standard InChI is InChI=1S/C22H22N2.C10H20.2C2H6/c1-3-17-7-8-21-19(13-17)15-22(23-21)18-5-4-6-20(14-18)24-11-9-16(2)10-12-24;1-8(2)10-6-4-9(3)5-7-10;2*1-2/h1,4-8,13-16,23H,9-12H2,2H3;8-10H,4-7H2,1-3H3;2*1-2H3. The summed E-state index contributed by atoms with van der Waals surface area (Å²) in [5, 5.41) is 1.16. The fraction of sp³-hybridized carbons (Fsp3) is 0.556. The first-order valence-corrected chi connectivity index (χ1v) is 15.4. The molecule has 0 unspecified atom stereocenters. The molecule has 2 fully saturated rings. The van der Waals surface area contributed by atoms with Crippen LogP contribution in [0.5, 0.6) is 0 Å². The van der Waals surface area contributed by atoms with Gasteiger partial charge in [-0.15, -0.1) is 6.42 Å². The Morgan fingerprint density at radius 1 is 0.816 bits per heavy atom. The third kappa shape index (κ3) is 8.97. The first kappa shape index (κ1) is 31.6. The molecule has 0 radical (unpaired) electrons. The highest BCUT2D eigenvalue weighted by Crippen LogP contribution is 2.33. The zero-order valence-corrected chi connectivity index (χ0v) is 25.6. The SMILES string of the molecule is C#Cc1ccc2[nH]c(-c3cccc(N4CCC(C)CC4)c3)cc2c1.CC.CC.CC1CCC(C(C)C)CC1. The monoisotopic (exact) mass is 514 g/mol. The molecule has 0 atom stereocenters. The van der Waals surface area contributed by atoms with Gasteiger partial charge in [0.25, 0.3) is 0 Å². The van der Waals surface area contributed by atoms with Crippen molar-refractivity contribution in [3.8, 4) is 23.6 Å². The highest BCUT2D eigenvalue weighted by atomic mass is 15.1. The van der Waals surface area contributed by atoms with Crippen molar-refractivity contribution < 1.29 is 0 Å². The number of fused-ring (bicyclic) bond motifs is 1. The number of benzene rings is 2. The average molecular weight is 515 g/mol. The molecule has 1 N–H and O–H groups in total. The number of anilines is 1. The van der Waals surface area contributed by atoms with Gasteiger partial charge in [0.05, 0.1) is 0 Å². The molecule has 3 aromatic rings. The van der Waals surface area contributed by atoms with Crippen LogP contribution in [0.3, 0.4) is 0 Å². The number of nitrogens with one attached hydrogen (secondary N) is 1. The van der Waals surface area contributed by atoms with Crippen LogP contribution in [0, 0.1) is 36.0 Å². The van der Waals surface area contributed by atoms with E-state index in [9.17, 15) is 0 Å². The summed E-state index contributed by atoms with van der Waals surface area (Å²) in [5.41, 5.74) is 5.74. The normalized spacial score (nSPS) is 19.3. The van der Waals surface area contributed by atoms with Gasteiger partial charge in [-0.3, -0.25) is 0 Å². The Hall–Kier alpha value is -2.66. The number of H-pyrrole nitrogens is 1. The Morgan fingerprint density at radius 2 is 1.45 bits per heavy atom. The molecule has 38 heavy (non-hydrogen) atoms. The van der Waals surface area contributed by atoms with Gasteiger partial charge in [-0.1, -0.05) is 86.3 Å². The molecule has 2 nitrogen and oxygen atoms in total. The van der Waals surface area contributed by atoms with E-state index in [-0.39, 0.29) is 0 Å². The van der Waals surface area contributed by atoms with E-state index in [2.05, 4.69) is 86.0 Å². The van der Waals surface area contributed by atoms with E-state index in [1.807, 2.05) is 33.8 Å². The minimum atomic E-state index is 0.850.